The van der Waals surface area contributed by atoms with E-state index >= 15 is 0 Å². The Labute approximate surface area is 131 Å². The zero-order chi connectivity index (χ0) is 14.8. The van der Waals surface area contributed by atoms with Crippen molar-refractivity contribution in [3.05, 3.63) is 35.6 Å². The molecule has 0 radical (unpaired) electrons. The molecule has 0 N–H and O–H groups in total. The van der Waals surface area contributed by atoms with Crippen molar-refractivity contribution in [2.75, 3.05) is 18.8 Å². The van der Waals surface area contributed by atoms with Crippen molar-refractivity contribution in [3.8, 4) is 0 Å². The Bertz CT molecular complexity index is 517. The number of halogens is 1. The minimum Gasteiger partial charge on any atom is -0.297 e. The Morgan fingerprint density at radius 1 is 1.33 bits per heavy atom. The van der Waals surface area contributed by atoms with Gasteiger partial charge in [0.1, 0.15) is 5.82 Å². The number of likely N-dealkylation sites (tertiary alicyclic amines) is 1. The van der Waals surface area contributed by atoms with Crippen LogP contribution in [0.1, 0.15) is 37.3 Å². The summed E-state index contributed by atoms with van der Waals surface area (Å²) in [6.07, 6.45) is 4.15. The first-order chi connectivity index (χ1) is 10.2. The maximum absolute atomic E-state index is 14.2. The molecule has 21 heavy (non-hydrogen) atoms. The zero-order valence-corrected chi connectivity index (χ0v) is 13.1. The molecule has 2 aliphatic rings. The normalized spacial score (nSPS) is 24.8. The molecule has 0 spiro atoms. The van der Waals surface area contributed by atoms with Crippen molar-refractivity contribution >= 4 is 18.4 Å². The van der Waals surface area contributed by atoms with Crippen LogP contribution < -0.4 is 0 Å². The number of Topliss-reactive ketones (excluding diaryl/α,β-unsaturated/α-hetero) is 1. The van der Waals surface area contributed by atoms with Crippen molar-refractivity contribution in [2.24, 2.45) is 11.8 Å². The fraction of sp³-hybridized carbons (Fsp3) is 0.588. The molecule has 3 rings (SSSR count). The third-order valence-electron chi connectivity index (χ3n) is 4.62. The van der Waals surface area contributed by atoms with E-state index in [0.717, 1.165) is 44.5 Å². The summed E-state index contributed by atoms with van der Waals surface area (Å²) in [4.78, 5) is 14.9. The summed E-state index contributed by atoms with van der Waals surface area (Å²) < 4.78 is 14.2. The molecule has 0 bridgehead atoms. The SMILES string of the molecule is O=C(C1CC1)C(c1ccccc1F)N1CCCC(CS)C1. The van der Waals surface area contributed by atoms with E-state index in [4.69, 9.17) is 0 Å². The second kappa shape index (κ2) is 6.49. The summed E-state index contributed by atoms with van der Waals surface area (Å²) in [5.74, 6) is 1.43. The fourth-order valence-electron chi connectivity index (χ4n) is 3.30. The fourth-order valence-corrected chi connectivity index (χ4v) is 3.60. The van der Waals surface area contributed by atoms with Crippen molar-refractivity contribution in [1.29, 1.82) is 0 Å². The quantitative estimate of drug-likeness (QED) is 0.840. The molecule has 1 heterocycles. The van der Waals surface area contributed by atoms with Gasteiger partial charge in [0.15, 0.2) is 5.78 Å². The summed E-state index contributed by atoms with van der Waals surface area (Å²) in [7, 11) is 0. The Hall–Kier alpha value is -0.870. The van der Waals surface area contributed by atoms with E-state index in [1.165, 1.54) is 6.07 Å². The lowest BCUT2D eigenvalue weighted by atomic mass is 9.92. The van der Waals surface area contributed by atoms with Gasteiger partial charge in [0.25, 0.3) is 0 Å². The molecule has 2 nitrogen and oxygen atoms in total. The van der Waals surface area contributed by atoms with Gasteiger partial charge in [-0.15, -0.1) is 0 Å². The molecular formula is C17H22FNOS. The molecule has 1 saturated heterocycles. The van der Waals surface area contributed by atoms with Crippen LogP contribution in [0.3, 0.4) is 0 Å². The molecule has 1 aromatic rings. The first-order valence-electron chi connectivity index (χ1n) is 7.83. The van der Waals surface area contributed by atoms with Crippen molar-refractivity contribution < 1.29 is 9.18 Å². The molecule has 2 unspecified atom stereocenters. The van der Waals surface area contributed by atoms with Crippen LogP contribution in [0, 0.1) is 17.7 Å². The first kappa shape index (κ1) is 15.0. The van der Waals surface area contributed by atoms with Gasteiger partial charge in [-0.05, 0) is 50.0 Å². The summed E-state index contributed by atoms with van der Waals surface area (Å²) in [5.41, 5.74) is 0.550. The van der Waals surface area contributed by atoms with Gasteiger partial charge in [0.2, 0.25) is 0 Å². The van der Waals surface area contributed by atoms with Gasteiger partial charge in [-0.25, -0.2) is 4.39 Å². The largest absolute Gasteiger partial charge is 0.297 e. The lowest BCUT2D eigenvalue weighted by molar-refractivity contribution is -0.126. The summed E-state index contributed by atoms with van der Waals surface area (Å²) in [6, 6.07) is 6.34. The van der Waals surface area contributed by atoms with Crippen LogP contribution in [0.5, 0.6) is 0 Å². The van der Waals surface area contributed by atoms with Gasteiger partial charge in [-0.1, -0.05) is 18.2 Å². The number of hydrogen-bond acceptors (Lipinski definition) is 3. The highest BCUT2D eigenvalue weighted by Gasteiger charge is 2.40. The van der Waals surface area contributed by atoms with E-state index in [9.17, 15) is 9.18 Å². The number of benzene rings is 1. The summed E-state index contributed by atoms with van der Waals surface area (Å²) in [6.45, 7) is 1.72. The van der Waals surface area contributed by atoms with Crippen LogP contribution in [0.15, 0.2) is 24.3 Å². The Morgan fingerprint density at radius 2 is 2.10 bits per heavy atom. The van der Waals surface area contributed by atoms with Crippen molar-refractivity contribution in [2.45, 2.75) is 31.7 Å². The third kappa shape index (κ3) is 3.32. The Balaban J connectivity index is 1.89. The average Bonchev–Trinajstić information content (AvgIpc) is 3.34. The Morgan fingerprint density at radius 3 is 2.76 bits per heavy atom. The molecule has 2 fully saturated rings. The van der Waals surface area contributed by atoms with Crippen LogP contribution in [-0.2, 0) is 4.79 Å². The molecule has 0 amide bonds. The van der Waals surface area contributed by atoms with E-state index < -0.39 is 6.04 Å². The van der Waals surface area contributed by atoms with Gasteiger partial charge in [-0.3, -0.25) is 9.69 Å². The van der Waals surface area contributed by atoms with E-state index in [1.807, 2.05) is 6.07 Å². The van der Waals surface area contributed by atoms with Crippen LogP contribution in [-0.4, -0.2) is 29.5 Å². The topological polar surface area (TPSA) is 20.3 Å². The lowest BCUT2D eigenvalue weighted by Gasteiger charge is -2.37. The number of carbonyl (C=O) groups excluding carboxylic acids is 1. The van der Waals surface area contributed by atoms with Crippen LogP contribution in [0.25, 0.3) is 0 Å². The summed E-state index contributed by atoms with van der Waals surface area (Å²) in [5, 5.41) is 0. The van der Waals surface area contributed by atoms with Crippen LogP contribution >= 0.6 is 12.6 Å². The van der Waals surface area contributed by atoms with Gasteiger partial charge in [0, 0.05) is 18.0 Å². The number of rotatable bonds is 5. The van der Waals surface area contributed by atoms with Crippen molar-refractivity contribution in [3.63, 3.8) is 0 Å². The van der Waals surface area contributed by atoms with E-state index in [2.05, 4.69) is 17.5 Å². The smallest absolute Gasteiger partial charge is 0.157 e. The maximum Gasteiger partial charge on any atom is 0.157 e. The molecule has 1 aromatic carbocycles. The highest BCUT2D eigenvalue weighted by molar-refractivity contribution is 7.80. The molecular weight excluding hydrogens is 285 g/mol. The van der Waals surface area contributed by atoms with Crippen LogP contribution in [0.4, 0.5) is 4.39 Å². The number of nitrogens with zero attached hydrogens (tertiary/aromatic N) is 1. The lowest BCUT2D eigenvalue weighted by Crippen LogP contribution is -2.42. The molecule has 0 aromatic heterocycles. The highest BCUT2D eigenvalue weighted by Crippen LogP contribution is 2.39. The molecule has 1 aliphatic heterocycles. The molecule has 114 valence electrons. The van der Waals surface area contributed by atoms with Crippen molar-refractivity contribution in [1.82, 2.24) is 4.90 Å². The molecule has 1 aliphatic carbocycles. The van der Waals surface area contributed by atoms with E-state index in [1.54, 1.807) is 12.1 Å². The van der Waals surface area contributed by atoms with Crippen LogP contribution in [0.2, 0.25) is 0 Å². The number of hydrogen-bond donors (Lipinski definition) is 1. The predicted molar refractivity (Wildman–Crippen MR) is 85.0 cm³/mol. The number of piperidine rings is 1. The minimum absolute atomic E-state index is 0.144. The van der Waals surface area contributed by atoms with Gasteiger partial charge in [-0.2, -0.15) is 12.6 Å². The number of carbonyl (C=O) groups is 1. The monoisotopic (exact) mass is 307 g/mol. The Kier molecular flexibility index (Phi) is 4.65. The molecule has 4 heteroatoms. The van der Waals surface area contributed by atoms with Gasteiger partial charge in [0.05, 0.1) is 6.04 Å². The predicted octanol–water partition coefficient (Wildman–Crippen LogP) is 3.49. The average molecular weight is 307 g/mol. The zero-order valence-electron chi connectivity index (χ0n) is 12.2. The molecule has 2 atom stereocenters. The third-order valence-corrected chi connectivity index (χ3v) is 5.14. The minimum atomic E-state index is -0.401. The van der Waals surface area contributed by atoms with E-state index in [0.29, 0.717) is 11.5 Å². The molecule has 1 saturated carbocycles. The van der Waals surface area contributed by atoms with Gasteiger partial charge < -0.3 is 0 Å². The van der Waals surface area contributed by atoms with E-state index in [-0.39, 0.29) is 17.5 Å². The first-order valence-corrected chi connectivity index (χ1v) is 8.47. The number of ketones is 1. The second-order valence-electron chi connectivity index (χ2n) is 6.29. The summed E-state index contributed by atoms with van der Waals surface area (Å²) >= 11 is 4.40. The number of thiol groups is 1. The standard InChI is InChI=1S/C17H22FNOS/c18-15-6-2-1-5-14(15)16(17(20)13-7-8-13)19-9-3-4-12(10-19)11-21/h1-2,5-6,12-13,16,21H,3-4,7-11H2. The van der Waals surface area contributed by atoms with Gasteiger partial charge >= 0.3 is 0 Å². The second-order valence-corrected chi connectivity index (χ2v) is 6.65. The maximum atomic E-state index is 14.2. The highest BCUT2D eigenvalue weighted by atomic mass is 32.1.